The maximum absolute atomic E-state index is 4.48. The van der Waals surface area contributed by atoms with Gasteiger partial charge in [-0.15, -0.1) is 0 Å². The number of hydrogen-bond donors (Lipinski definition) is 1. The van der Waals surface area contributed by atoms with Gasteiger partial charge in [0.25, 0.3) is 0 Å². The highest BCUT2D eigenvalue weighted by molar-refractivity contribution is 8.07. The van der Waals surface area contributed by atoms with Crippen LogP contribution in [-0.2, 0) is 0 Å². The van der Waals surface area contributed by atoms with E-state index in [0.29, 0.717) is 16.5 Å². The Labute approximate surface area is 135 Å². The molecule has 1 saturated heterocycles. The van der Waals surface area contributed by atoms with Crippen LogP contribution in [0.4, 0.5) is 0 Å². The van der Waals surface area contributed by atoms with Crippen LogP contribution in [0.15, 0.2) is 36.7 Å². The monoisotopic (exact) mass is 318 g/mol. The molecule has 2 heterocycles. The Hall–Kier alpha value is -0.710. The van der Waals surface area contributed by atoms with Crippen molar-refractivity contribution in [1.29, 1.82) is 0 Å². The first-order valence-electron chi connectivity index (χ1n) is 7.60. The average molecular weight is 319 g/mol. The van der Waals surface area contributed by atoms with Crippen LogP contribution in [0, 0.1) is 0 Å². The predicted molar refractivity (Wildman–Crippen MR) is 96.3 cm³/mol. The van der Waals surface area contributed by atoms with Gasteiger partial charge < -0.3 is 5.32 Å². The molecule has 0 radical (unpaired) electrons. The summed E-state index contributed by atoms with van der Waals surface area (Å²) in [6.45, 7) is 5.55. The van der Waals surface area contributed by atoms with Crippen molar-refractivity contribution >= 4 is 34.3 Å². The topological polar surface area (TPSA) is 24.9 Å². The van der Waals surface area contributed by atoms with Gasteiger partial charge in [0.05, 0.1) is 0 Å². The largest absolute Gasteiger partial charge is 0.309 e. The number of pyridine rings is 1. The molecule has 0 bridgehead atoms. The van der Waals surface area contributed by atoms with Crippen molar-refractivity contribution in [3.05, 3.63) is 42.2 Å². The molecule has 1 aromatic carbocycles. The molecule has 21 heavy (non-hydrogen) atoms. The summed E-state index contributed by atoms with van der Waals surface area (Å²) < 4.78 is 0. The standard InChI is InChI=1S/C17H22N2S2/c1-3-19-16(17-12(2)20-8-9-21-17)15-11-18-10-13-6-4-5-7-14(13)15/h4-7,10-12,16-17,19H,3,8-9H2,1-2H3. The second-order valence-electron chi connectivity index (χ2n) is 5.40. The first kappa shape index (κ1) is 15.2. The third-order valence-electron chi connectivity index (χ3n) is 4.02. The van der Waals surface area contributed by atoms with Crippen LogP contribution in [-0.4, -0.2) is 33.5 Å². The Balaban J connectivity index is 2.02. The molecule has 1 aliphatic rings. The molecule has 2 aromatic rings. The smallest absolute Gasteiger partial charge is 0.0472 e. The van der Waals surface area contributed by atoms with Gasteiger partial charge in [0.15, 0.2) is 0 Å². The Bertz CT molecular complexity index is 597. The lowest BCUT2D eigenvalue weighted by molar-refractivity contribution is 0.527. The highest BCUT2D eigenvalue weighted by Crippen LogP contribution is 2.40. The van der Waals surface area contributed by atoms with Gasteiger partial charge in [-0.3, -0.25) is 4.98 Å². The molecule has 0 amide bonds. The zero-order valence-corrected chi connectivity index (χ0v) is 14.2. The molecule has 2 nitrogen and oxygen atoms in total. The van der Waals surface area contributed by atoms with E-state index in [1.165, 1.54) is 27.8 Å². The summed E-state index contributed by atoms with van der Waals surface area (Å²) in [6.07, 6.45) is 4.02. The van der Waals surface area contributed by atoms with Gasteiger partial charge in [-0.05, 0) is 17.5 Å². The second kappa shape index (κ2) is 7.03. The quantitative estimate of drug-likeness (QED) is 0.916. The van der Waals surface area contributed by atoms with Crippen LogP contribution >= 0.6 is 23.5 Å². The minimum atomic E-state index is 0.376. The Morgan fingerprint density at radius 2 is 2.05 bits per heavy atom. The zero-order chi connectivity index (χ0) is 14.7. The summed E-state index contributed by atoms with van der Waals surface area (Å²) in [7, 11) is 0. The molecule has 0 spiro atoms. The average Bonchev–Trinajstić information content (AvgIpc) is 2.53. The fourth-order valence-corrected chi connectivity index (χ4v) is 5.96. The summed E-state index contributed by atoms with van der Waals surface area (Å²) in [5.74, 6) is 2.52. The van der Waals surface area contributed by atoms with Crippen LogP contribution in [0.5, 0.6) is 0 Å². The van der Waals surface area contributed by atoms with E-state index < -0.39 is 0 Å². The van der Waals surface area contributed by atoms with E-state index in [9.17, 15) is 0 Å². The first-order valence-corrected chi connectivity index (χ1v) is 9.70. The molecule has 3 unspecified atom stereocenters. The molecule has 112 valence electrons. The highest BCUT2D eigenvalue weighted by atomic mass is 32.2. The van der Waals surface area contributed by atoms with E-state index in [1.807, 2.05) is 6.20 Å². The summed E-state index contributed by atoms with van der Waals surface area (Å²) in [4.78, 5) is 4.48. The van der Waals surface area contributed by atoms with Gasteiger partial charge >= 0.3 is 0 Å². The Kier molecular flexibility index (Phi) is 5.09. The summed E-state index contributed by atoms with van der Waals surface area (Å²) in [5.41, 5.74) is 1.35. The molecule has 0 aliphatic carbocycles. The van der Waals surface area contributed by atoms with Crippen molar-refractivity contribution in [2.24, 2.45) is 0 Å². The summed E-state index contributed by atoms with van der Waals surface area (Å²) in [5, 5.41) is 7.57. The van der Waals surface area contributed by atoms with Crippen molar-refractivity contribution in [1.82, 2.24) is 10.3 Å². The third kappa shape index (κ3) is 3.22. The summed E-state index contributed by atoms with van der Waals surface area (Å²) >= 11 is 4.21. The van der Waals surface area contributed by atoms with Crippen molar-refractivity contribution in [3.63, 3.8) is 0 Å². The maximum atomic E-state index is 4.48. The molecule has 1 fully saturated rings. The Morgan fingerprint density at radius 1 is 1.24 bits per heavy atom. The predicted octanol–water partition coefficient (Wildman–Crippen LogP) is 4.12. The minimum Gasteiger partial charge on any atom is -0.309 e. The number of nitrogens with zero attached hydrogens (tertiary/aromatic N) is 1. The maximum Gasteiger partial charge on any atom is 0.0472 e. The van der Waals surface area contributed by atoms with Crippen LogP contribution in [0.25, 0.3) is 10.8 Å². The molecule has 1 N–H and O–H groups in total. The van der Waals surface area contributed by atoms with Crippen LogP contribution in [0.3, 0.4) is 0 Å². The van der Waals surface area contributed by atoms with Crippen LogP contribution in [0.2, 0.25) is 0 Å². The molecule has 0 saturated carbocycles. The normalized spacial score (nSPS) is 24.1. The fraction of sp³-hybridized carbons (Fsp3) is 0.471. The summed E-state index contributed by atoms with van der Waals surface area (Å²) in [6, 6.07) is 8.97. The van der Waals surface area contributed by atoms with Crippen LogP contribution in [0.1, 0.15) is 25.5 Å². The SMILES string of the molecule is CCNC(c1cncc2ccccc12)C1SCCSC1C. The first-order chi connectivity index (χ1) is 10.3. The van der Waals surface area contributed by atoms with Gasteiger partial charge in [-0.2, -0.15) is 23.5 Å². The van der Waals surface area contributed by atoms with Gasteiger partial charge in [-0.25, -0.2) is 0 Å². The zero-order valence-electron chi connectivity index (χ0n) is 12.6. The number of nitrogens with one attached hydrogen (secondary N) is 1. The number of thioether (sulfide) groups is 2. The van der Waals surface area contributed by atoms with E-state index in [-0.39, 0.29) is 0 Å². The molecule has 4 heteroatoms. The third-order valence-corrected chi connectivity index (χ3v) is 7.22. The van der Waals surface area contributed by atoms with Crippen LogP contribution < -0.4 is 5.32 Å². The van der Waals surface area contributed by atoms with Crippen molar-refractivity contribution in [2.75, 3.05) is 18.1 Å². The number of hydrogen-bond acceptors (Lipinski definition) is 4. The van der Waals surface area contributed by atoms with E-state index in [1.54, 1.807) is 0 Å². The fourth-order valence-electron chi connectivity index (χ4n) is 3.03. The van der Waals surface area contributed by atoms with Gasteiger partial charge in [-0.1, -0.05) is 38.1 Å². The van der Waals surface area contributed by atoms with Gasteiger partial charge in [0.1, 0.15) is 0 Å². The van der Waals surface area contributed by atoms with E-state index >= 15 is 0 Å². The highest BCUT2D eigenvalue weighted by Gasteiger charge is 2.31. The number of rotatable bonds is 4. The number of benzene rings is 1. The van der Waals surface area contributed by atoms with E-state index in [2.05, 4.69) is 78.1 Å². The lowest BCUT2D eigenvalue weighted by Crippen LogP contribution is -2.37. The van der Waals surface area contributed by atoms with Crippen molar-refractivity contribution in [2.45, 2.75) is 30.4 Å². The molecular weight excluding hydrogens is 296 g/mol. The minimum absolute atomic E-state index is 0.376. The lowest BCUT2D eigenvalue weighted by Gasteiger charge is -2.35. The van der Waals surface area contributed by atoms with E-state index in [0.717, 1.165) is 6.54 Å². The second-order valence-corrected chi connectivity index (χ2v) is 8.17. The van der Waals surface area contributed by atoms with Gasteiger partial charge in [0, 0.05) is 45.8 Å². The number of aromatic nitrogens is 1. The van der Waals surface area contributed by atoms with Crippen molar-refractivity contribution in [3.8, 4) is 0 Å². The lowest BCUT2D eigenvalue weighted by atomic mass is 9.97. The van der Waals surface area contributed by atoms with Gasteiger partial charge in [0.2, 0.25) is 0 Å². The van der Waals surface area contributed by atoms with Crippen molar-refractivity contribution < 1.29 is 0 Å². The Morgan fingerprint density at radius 3 is 2.86 bits per heavy atom. The molecule has 3 atom stereocenters. The molecule has 3 rings (SSSR count). The molecule has 1 aliphatic heterocycles. The number of fused-ring (bicyclic) bond motifs is 1. The molecule has 1 aromatic heterocycles. The molecular formula is C17H22N2S2. The van der Waals surface area contributed by atoms with E-state index in [4.69, 9.17) is 0 Å².